The maximum Gasteiger partial charge on any atom is 0.340 e. The molecule has 0 aliphatic carbocycles. The van der Waals surface area contributed by atoms with Crippen LogP contribution in [0, 0.1) is 6.92 Å². The van der Waals surface area contributed by atoms with Gasteiger partial charge in [-0.15, -0.1) is 0 Å². The van der Waals surface area contributed by atoms with Gasteiger partial charge in [0, 0.05) is 29.4 Å². The molecule has 0 amide bonds. The number of pyridine rings is 1. The molecule has 4 rings (SSSR count). The standard InChI is InChI=1S/C19H15N3O3/c1-12-6-7-17-21-13(8-18(23)22(17)10-12)11-25-19(24)15-9-20-16-5-3-2-4-14(15)16/h2-10,20H,11H2,1H3. The highest BCUT2D eigenvalue weighted by Crippen LogP contribution is 2.18. The van der Waals surface area contributed by atoms with E-state index in [9.17, 15) is 9.59 Å². The van der Waals surface area contributed by atoms with Gasteiger partial charge in [-0.05, 0) is 24.6 Å². The number of benzene rings is 1. The summed E-state index contributed by atoms with van der Waals surface area (Å²) in [4.78, 5) is 31.9. The van der Waals surface area contributed by atoms with Crippen molar-refractivity contribution in [3.63, 3.8) is 0 Å². The SMILES string of the molecule is Cc1ccc2nc(COC(=O)c3c[nH]c4ccccc34)cc(=O)n2c1. The van der Waals surface area contributed by atoms with Gasteiger partial charge in [-0.1, -0.05) is 24.3 Å². The predicted octanol–water partition coefficient (Wildman–Crippen LogP) is 2.84. The summed E-state index contributed by atoms with van der Waals surface area (Å²) in [6.07, 6.45) is 3.35. The summed E-state index contributed by atoms with van der Waals surface area (Å²) in [6.45, 7) is 1.85. The van der Waals surface area contributed by atoms with E-state index in [0.29, 0.717) is 16.9 Å². The molecule has 0 aliphatic rings. The number of ether oxygens (including phenoxy) is 1. The number of hydrogen-bond donors (Lipinski definition) is 1. The minimum atomic E-state index is -0.455. The molecule has 0 saturated carbocycles. The van der Waals surface area contributed by atoms with Crippen LogP contribution in [0.4, 0.5) is 0 Å². The number of carbonyl (C=O) groups excluding carboxylic acids is 1. The van der Waals surface area contributed by atoms with E-state index in [2.05, 4.69) is 9.97 Å². The third kappa shape index (κ3) is 2.78. The Kier molecular flexibility index (Phi) is 3.57. The average Bonchev–Trinajstić information content (AvgIpc) is 3.04. The first kappa shape index (κ1) is 15.1. The van der Waals surface area contributed by atoms with Gasteiger partial charge in [-0.3, -0.25) is 9.20 Å². The van der Waals surface area contributed by atoms with Crippen LogP contribution in [0.15, 0.2) is 59.7 Å². The first-order valence-corrected chi connectivity index (χ1v) is 7.84. The second-order valence-corrected chi connectivity index (χ2v) is 5.84. The number of esters is 1. The van der Waals surface area contributed by atoms with Crippen LogP contribution in [-0.4, -0.2) is 20.3 Å². The molecular formula is C19H15N3O3. The largest absolute Gasteiger partial charge is 0.456 e. The number of fused-ring (bicyclic) bond motifs is 2. The van der Waals surface area contributed by atoms with Crippen molar-refractivity contribution >= 4 is 22.5 Å². The third-order valence-electron chi connectivity index (χ3n) is 4.02. The second-order valence-electron chi connectivity index (χ2n) is 5.84. The summed E-state index contributed by atoms with van der Waals surface area (Å²) < 4.78 is 6.81. The van der Waals surface area contributed by atoms with Crippen molar-refractivity contribution < 1.29 is 9.53 Å². The van der Waals surface area contributed by atoms with Crippen molar-refractivity contribution in [3.05, 3.63) is 82.0 Å². The van der Waals surface area contributed by atoms with E-state index in [0.717, 1.165) is 16.5 Å². The Hall–Kier alpha value is -3.41. The summed E-state index contributed by atoms with van der Waals surface area (Å²) >= 11 is 0. The Morgan fingerprint density at radius 3 is 2.96 bits per heavy atom. The number of aromatic amines is 1. The van der Waals surface area contributed by atoms with Crippen molar-refractivity contribution in [2.24, 2.45) is 0 Å². The second kappa shape index (κ2) is 5.90. The Balaban J connectivity index is 1.59. The highest BCUT2D eigenvalue weighted by Gasteiger charge is 2.14. The number of nitrogens with one attached hydrogen (secondary N) is 1. The lowest BCUT2D eigenvalue weighted by molar-refractivity contribution is 0.0470. The molecule has 1 N–H and O–H groups in total. The van der Waals surface area contributed by atoms with E-state index >= 15 is 0 Å². The Morgan fingerprint density at radius 1 is 1.24 bits per heavy atom. The maximum absolute atomic E-state index is 12.3. The van der Waals surface area contributed by atoms with Gasteiger partial charge in [0.05, 0.1) is 11.3 Å². The molecule has 25 heavy (non-hydrogen) atoms. The summed E-state index contributed by atoms with van der Waals surface area (Å²) in [5.74, 6) is -0.455. The van der Waals surface area contributed by atoms with Crippen LogP contribution in [0.2, 0.25) is 0 Å². The molecule has 124 valence electrons. The molecule has 6 heteroatoms. The zero-order valence-corrected chi connectivity index (χ0v) is 13.5. The van der Waals surface area contributed by atoms with Crippen molar-refractivity contribution in [1.82, 2.24) is 14.4 Å². The molecule has 0 aliphatic heterocycles. The molecule has 0 fully saturated rings. The minimum absolute atomic E-state index is 0.0576. The van der Waals surface area contributed by atoms with Gasteiger partial charge in [0.25, 0.3) is 5.56 Å². The monoisotopic (exact) mass is 333 g/mol. The topological polar surface area (TPSA) is 76.5 Å². The number of nitrogens with zero attached hydrogens (tertiary/aromatic N) is 2. The molecular weight excluding hydrogens is 318 g/mol. The van der Waals surface area contributed by atoms with Crippen molar-refractivity contribution in [2.75, 3.05) is 0 Å². The first-order chi connectivity index (χ1) is 12.1. The number of aryl methyl sites for hydroxylation is 1. The van der Waals surface area contributed by atoms with Gasteiger partial charge in [-0.25, -0.2) is 9.78 Å². The van der Waals surface area contributed by atoms with Crippen LogP contribution in [0.25, 0.3) is 16.6 Å². The summed E-state index contributed by atoms with van der Waals surface area (Å²) in [5, 5.41) is 0.800. The highest BCUT2D eigenvalue weighted by molar-refractivity contribution is 6.03. The number of rotatable bonds is 3. The Labute approximate surface area is 142 Å². The third-order valence-corrected chi connectivity index (χ3v) is 4.02. The maximum atomic E-state index is 12.3. The number of carbonyl (C=O) groups is 1. The Morgan fingerprint density at radius 2 is 2.08 bits per heavy atom. The lowest BCUT2D eigenvalue weighted by Crippen LogP contribution is -2.16. The molecule has 6 nitrogen and oxygen atoms in total. The number of para-hydroxylation sites is 1. The van der Waals surface area contributed by atoms with E-state index in [1.165, 1.54) is 10.5 Å². The van der Waals surface area contributed by atoms with E-state index < -0.39 is 5.97 Å². The zero-order chi connectivity index (χ0) is 17.4. The first-order valence-electron chi connectivity index (χ1n) is 7.84. The molecule has 3 aromatic heterocycles. The molecule has 0 spiro atoms. The average molecular weight is 333 g/mol. The molecule has 0 unspecified atom stereocenters. The van der Waals surface area contributed by atoms with Crippen LogP contribution in [0.1, 0.15) is 21.6 Å². The van der Waals surface area contributed by atoms with Gasteiger partial charge >= 0.3 is 5.97 Å². The number of hydrogen-bond acceptors (Lipinski definition) is 4. The van der Waals surface area contributed by atoms with Crippen molar-refractivity contribution in [3.8, 4) is 0 Å². The van der Waals surface area contributed by atoms with E-state index in [-0.39, 0.29) is 12.2 Å². The molecule has 0 saturated heterocycles. The van der Waals surface area contributed by atoms with Crippen LogP contribution in [0.3, 0.4) is 0 Å². The summed E-state index contributed by atoms with van der Waals surface area (Å²) in [7, 11) is 0. The van der Waals surface area contributed by atoms with Crippen LogP contribution < -0.4 is 5.56 Å². The fourth-order valence-corrected chi connectivity index (χ4v) is 2.79. The van der Waals surface area contributed by atoms with E-state index in [1.807, 2.05) is 37.3 Å². The van der Waals surface area contributed by atoms with Gasteiger partial charge in [0.1, 0.15) is 12.3 Å². The Bertz CT molecular complexity index is 1160. The number of aromatic nitrogens is 3. The molecule has 4 aromatic rings. The van der Waals surface area contributed by atoms with Crippen LogP contribution in [-0.2, 0) is 11.3 Å². The van der Waals surface area contributed by atoms with E-state index in [4.69, 9.17) is 4.74 Å². The smallest absolute Gasteiger partial charge is 0.340 e. The van der Waals surface area contributed by atoms with Gasteiger partial charge in [-0.2, -0.15) is 0 Å². The zero-order valence-electron chi connectivity index (χ0n) is 13.5. The van der Waals surface area contributed by atoms with Crippen LogP contribution >= 0.6 is 0 Å². The summed E-state index contributed by atoms with van der Waals surface area (Å²) in [5.41, 5.74) is 3.04. The van der Waals surface area contributed by atoms with Crippen LogP contribution in [0.5, 0.6) is 0 Å². The quantitative estimate of drug-likeness (QED) is 0.585. The minimum Gasteiger partial charge on any atom is -0.456 e. The molecule has 3 heterocycles. The van der Waals surface area contributed by atoms with Crippen molar-refractivity contribution in [2.45, 2.75) is 13.5 Å². The molecule has 0 radical (unpaired) electrons. The normalized spacial score (nSPS) is 11.1. The molecule has 1 aromatic carbocycles. The molecule has 0 bridgehead atoms. The fraction of sp³-hybridized carbons (Fsp3) is 0.105. The lowest BCUT2D eigenvalue weighted by Gasteiger charge is -2.06. The predicted molar refractivity (Wildman–Crippen MR) is 93.6 cm³/mol. The lowest BCUT2D eigenvalue weighted by atomic mass is 10.2. The van der Waals surface area contributed by atoms with Gasteiger partial charge in [0.2, 0.25) is 0 Å². The fourth-order valence-electron chi connectivity index (χ4n) is 2.79. The highest BCUT2D eigenvalue weighted by atomic mass is 16.5. The van der Waals surface area contributed by atoms with Crippen molar-refractivity contribution in [1.29, 1.82) is 0 Å². The van der Waals surface area contributed by atoms with Gasteiger partial charge in [0.15, 0.2) is 0 Å². The van der Waals surface area contributed by atoms with Gasteiger partial charge < -0.3 is 9.72 Å². The van der Waals surface area contributed by atoms with E-state index in [1.54, 1.807) is 18.5 Å². The summed E-state index contributed by atoms with van der Waals surface area (Å²) in [6, 6.07) is 12.5. The molecule has 0 atom stereocenters. The number of H-pyrrole nitrogens is 1.